The Kier molecular flexibility index (Phi) is 7.24. The molecule has 2 atom stereocenters. The highest BCUT2D eigenvalue weighted by Crippen LogP contribution is 2.45. The van der Waals surface area contributed by atoms with Gasteiger partial charge < -0.3 is 19.7 Å². The minimum atomic E-state index is 0.268. The number of hydrogen-bond acceptors (Lipinski definition) is 5. The SMILES string of the molecule is O=C(CN1CCOCC1)N1CCC(N[C@@H]2C[C@H]2c2ccccc2OCc2ccccc2)CC1. The first-order valence-corrected chi connectivity index (χ1v) is 12.4. The number of hydrogen-bond donors (Lipinski definition) is 1. The number of carbonyl (C=O) groups is 1. The van der Waals surface area contributed by atoms with Crippen LogP contribution in [0.1, 0.15) is 36.3 Å². The molecule has 1 saturated carbocycles. The number of piperidine rings is 1. The van der Waals surface area contributed by atoms with E-state index in [4.69, 9.17) is 9.47 Å². The summed E-state index contributed by atoms with van der Waals surface area (Å²) >= 11 is 0. The molecule has 0 unspecified atom stereocenters. The van der Waals surface area contributed by atoms with E-state index >= 15 is 0 Å². The van der Waals surface area contributed by atoms with Crippen LogP contribution in [0.5, 0.6) is 5.75 Å². The Morgan fingerprint density at radius 2 is 1.70 bits per heavy atom. The molecular formula is C27H35N3O3. The number of ether oxygens (including phenoxy) is 2. The summed E-state index contributed by atoms with van der Waals surface area (Å²) in [4.78, 5) is 16.9. The Hall–Kier alpha value is -2.41. The van der Waals surface area contributed by atoms with Gasteiger partial charge in [-0.2, -0.15) is 0 Å². The molecule has 3 fully saturated rings. The molecule has 0 bridgehead atoms. The lowest BCUT2D eigenvalue weighted by Crippen LogP contribution is -2.49. The fraction of sp³-hybridized carbons (Fsp3) is 0.519. The van der Waals surface area contributed by atoms with Crippen molar-refractivity contribution in [1.29, 1.82) is 0 Å². The van der Waals surface area contributed by atoms with E-state index in [2.05, 4.69) is 46.6 Å². The van der Waals surface area contributed by atoms with E-state index in [1.54, 1.807) is 0 Å². The van der Waals surface area contributed by atoms with E-state index in [0.29, 0.717) is 31.2 Å². The molecule has 6 heteroatoms. The van der Waals surface area contributed by atoms with Crippen LogP contribution in [0, 0.1) is 0 Å². The Morgan fingerprint density at radius 3 is 2.48 bits per heavy atom. The van der Waals surface area contributed by atoms with Crippen LogP contribution in [-0.2, 0) is 16.1 Å². The Morgan fingerprint density at radius 1 is 0.970 bits per heavy atom. The number of rotatable bonds is 8. The van der Waals surface area contributed by atoms with Gasteiger partial charge in [0.2, 0.25) is 5.91 Å². The van der Waals surface area contributed by atoms with Crippen LogP contribution in [0.3, 0.4) is 0 Å². The van der Waals surface area contributed by atoms with Gasteiger partial charge in [-0.1, -0.05) is 48.5 Å². The highest BCUT2D eigenvalue weighted by atomic mass is 16.5. The van der Waals surface area contributed by atoms with Crippen LogP contribution < -0.4 is 10.1 Å². The lowest BCUT2D eigenvalue weighted by atomic mass is 10.0. The van der Waals surface area contributed by atoms with E-state index in [-0.39, 0.29) is 5.91 Å². The van der Waals surface area contributed by atoms with Crippen molar-refractivity contribution < 1.29 is 14.3 Å². The van der Waals surface area contributed by atoms with Crippen molar-refractivity contribution >= 4 is 5.91 Å². The molecule has 1 N–H and O–H groups in total. The summed E-state index contributed by atoms with van der Waals surface area (Å²) in [5.41, 5.74) is 2.50. The van der Waals surface area contributed by atoms with Gasteiger partial charge in [0.15, 0.2) is 0 Å². The van der Waals surface area contributed by atoms with Crippen LogP contribution in [0.15, 0.2) is 54.6 Å². The van der Waals surface area contributed by atoms with Crippen LogP contribution in [0.25, 0.3) is 0 Å². The summed E-state index contributed by atoms with van der Waals surface area (Å²) in [5.74, 6) is 1.78. The molecule has 0 radical (unpaired) electrons. The second-order valence-corrected chi connectivity index (χ2v) is 9.47. The summed E-state index contributed by atoms with van der Waals surface area (Å²) in [5, 5.41) is 3.86. The lowest BCUT2D eigenvalue weighted by Gasteiger charge is -2.35. The van der Waals surface area contributed by atoms with E-state index in [0.717, 1.165) is 64.4 Å². The number of likely N-dealkylation sites (tertiary alicyclic amines) is 1. The second kappa shape index (κ2) is 10.7. The third-order valence-electron chi connectivity index (χ3n) is 7.11. The molecule has 0 spiro atoms. The molecule has 3 aliphatic rings. The van der Waals surface area contributed by atoms with Gasteiger partial charge in [-0.05, 0) is 36.5 Å². The van der Waals surface area contributed by atoms with Crippen LogP contribution in [-0.4, -0.2) is 73.7 Å². The predicted molar refractivity (Wildman–Crippen MR) is 128 cm³/mol. The number of para-hydroxylation sites is 1. The molecule has 1 amide bonds. The first kappa shape index (κ1) is 22.4. The molecule has 2 aromatic carbocycles. The fourth-order valence-corrected chi connectivity index (χ4v) is 5.03. The van der Waals surface area contributed by atoms with Crippen molar-refractivity contribution in [3.05, 3.63) is 65.7 Å². The standard InChI is InChI=1S/C27H35N3O3/c31-27(19-29-14-16-32-17-15-29)30-12-10-22(11-13-30)28-25-18-24(25)23-8-4-5-9-26(23)33-20-21-6-2-1-3-7-21/h1-9,22,24-25,28H,10-20H2/t24-,25+/m0/s1. The zero-order valence-corrected chi connectivity index (χ0v) is 19.3. The minimum Gasteiger partial charge on any atom is -0.489 e. The molecule has 0 aromatic heterocycles. The minimum absolute atomic E-state index is 0.268. The summed E-state index contributed by atoms with van der Waals surface area (Å²) in [7, 11) is 0. The van der Waals surface area contributed by atoms with Crippen molar-refractivity contribution in [2.45, 2.75) is 43.9 Å². The normalized spacial score (nSPS) is 23.9. The Bertz CT molecular complexity index is 908. The molecule has 2 heterocycles. The Labute approximate surface area is 196 Å². The maximum Gasteiger partial charge on any atom is 0.236 e. The van der Waals surface area contributed by atoms with Gasteiger partial charge in [-0.15, -0.1) is 0 Å². The Balaban J connectivity index is 1.08. The first-order chi connectivity index (χ1) is 16.3. The summed E-state index contributed by atoms with van der Waals surface area (Å²) in [6, 6.07) is 19.8. The van der Waals surface area contributed by atoms with E-state index in [1.165, 1.54) is 11.1 Å². The quantitative estimate of drug-likeness (QED) is 0.672. The van der Waals surface area contributed by atoms with Crippen molar-refractivity contribution in [3.8, 4) is 5.75 Å². The molecular weight excluding hydrogens is 414 g/mol. The highest BCUT2D eigenvalue weighted by molar-refractivity contribution is 5.78. The average molecular weight is 450 g/mol. The molecule has 33 heavy (non-hydrogen) atoms. The number of benzene rings is 2. The third-order valence-corrected chi connectivity index (χ3v) is 7.11. The molecule has 1 aliphatic carbocycles. The van der Waals surface area contributed by atoms with Gasteiger partial charge in [0.1, 0.15) is 12.4 Å². The average Bonchev–Trinajstić information content (AvgIpc) is 3.63. The van der Waals surface area contributed by atoms with Crippen molar-refractivity contribution in [3.63, 3.8) is 0 Å². The van der Waals surface area contributed by atoms with Crippen molar-refractivity contribution in [2.24, 2.45) is 0 Å². The van der Waals surface area contributed by atoms with Crippen molar-refractivity contribution in [1.82, 2.24) is 15.1 Å². The van der Waals surface area contributed by atoms with E-state index in [9.17, 15) is 4.79 Å². The number of nitrogens with zero attached hydrogens (tertiary/aromatic N) is 2. The number of carbonyl (C=O) groups excluding carboxylic acids is 1. The van der Waals surface area contributed by atoms with E-state index in [1.807, 2.05) is 23.1 Å². The molecule has 2 aliphatic heterocycles. The number of amides is 1. The molecule has 6 nitrogen and oxygen atoms in total. The zero-order valence-electron chi connectivity index (χ0n) is 19.3. The largest absolute Gasteiger partial charge is 0.489 e. The summed E-state index contributed by atoms with van der Waals surface area (Å²) in [6.07, 6.45) is 3.22. The third kappa shape index (κ3) is 5.94. The van der Waals surface area contributed by atoms with Gasteiger partial charge >= 0.3 is 0 Å². The fourth-order valence-electron chi connectivity index (χ4n) is 5.03. The van der Waals surface area contributed by atoms with Gasteiger partial charge in [0.25, 0.3) is 0 Å². The number of morpholine rings is 1. The molecule has 2 saturated heterocycles. The monoisotopic (exact) mass is 449 g/mol. The smallest absolute Gasteiger partial charge is 0.236 e. The highest BCUT2D eigenvalue weighted by Gasteiger charge is 2.41. The maximum absolute atomic E-state index is 12.7. The zero-order chi connectivity index (χ0) is 22.5. The van der Waals surface area contributed by atoms with Gasteiger partial charge in [0.05, 0.1) is 19.8 Å². The molecule has 176 valence electrons. The molecule has 5 rings (SSSR count). The van der Waals surface area contributed by atoms with Gasteiger partial charge in [-0.3, -0.25) is 9.69 Å². The molecule has 2 aromatic rings. The van der Waals surface area contributed by atoms with Crippen molar-refractivity contribution in [2.75, 3.05) is 45.9 Å². The second-order valence-electron chi connectivity index (χ2n) is 9.47. The van der Waals surface area contributed by atoms with Crippen LogP contribution >= 0.6 is 0 Å². The van der Waals surface area contributed by atoms with Crippen LogP contribution in [0.2, 0.25) is 0 Å². The maximum atomic E-state index is 12.7. The summed E-state index contributed by atoms with van der Waals surface area (Å²) in [6.45, 7) is 6.05. The topological polar surface area (TPSA) is 54.0 Å². The lowest BCUT2D eigenvalue weighted by molar-refractivity contribution is -0.134. The van der Waals surface area contributed by atoms with E-state index < -0.39 is 0 Å². The van der Waals surface area contributed by atoms with Gasteiger partial charge in [0, 0.05) is 44.2 Å². The predicted octanol–water partition coefficient (Wildman–Crippen LogP) is 3.03. The number of nitrogens with one attached hydrogen (secondary N) is 1. The van der Waals surface area contributed by atoms with Gasteiger partial charge in [-0.25, -0.2) is 0 Å². The summed E-state index contributed by atoms with van der Waals surface area (Å²) < 4.78 is 11.6. The first-order valence-electron chi connectivity index (χ1n) is 12.4. The van der Waals surface area contributed by atoms with Crippen LogP contribution in [0.4, 0.5) is 0 Å².